The van der Waals surface area contributed by atoms with Crippen molar-refractivity contribution in [2.45, 2.75) is 23.5 Å². The van der Waals surface area contributed by atoms with Crippen molar-refractivity contribution in [2.24, 2.45) is 0 Å². The van der Waals surface area contributed by atoms with Gasteiger partial charge in [-0.05, 0) is 36.9 Å². The molecule has 1 heterocycles. The van der Waals surface area contributed by atoms with Crippen molar-refractivity contribution in [1.82, 2.24) is 14.8 Å². The first-order valence-corrected chi connectivity index (χ1v) is 6.00. The van der Waals surface area contributed by atoms with Crippen LogP contribution in [0.3, 0.4) is 0 Å². The van der Waals surface area contributed by atoms with Gasteiger partial charge in [0.2, 0.25) is 0 Å². The molecule has 5 nitrogen and oxygen atoms in total. The van der Waals surface area contributed by atoms with Crippen LogP contribution in [-0.4, -0.2) is 14.8 Å². The molecule has 0 fully saturated rings. The zero-order valence-electron chi connectivity index (χ0n) is 9.48. The van der Waals surface area contributed by atoms with Gasteiger partial charge in [-0.25, -0.2) is 14.3 Å². The van der Waals surface area contributed by atoms with E-state index in [2.05, 4.69) is 10.2 Å². The minimum absolute atomic E-state index is 0.256. The fraction of sp³-hybridized carbons (Fsp3) is 0.182. The summed E-state index contributed by atoms with van der Waals surface area (Å²) < 4.78 is 15.1. The molecule has 0 saturated carbocycles. The first-order chi connectivity index (χ1) is 8.65. The molecule has 0 aliphatic rings. The van der Waals surface area contributed by atoms with Gasteiger partial charge in [-0.2, -0.15) is 5.26 Å². The lowest BCUT2D eigenvalue weighted by atomic mass is 10.2. The van der Waals surface area contributed by atoms with Crippen molar-refractivity contribution in [2.75, 3.05) is 0 Å². The third-order valence-electron chi connectivity index (χ3n) is 2.30. The summed E-state index contributed by atoms with van der Waals surface area (Å²) in [5, 5.41) is 15.2. The van der Waals surface area contributed by atoms with E-state index >= 15 is 0 Å². The van der Waals surface area contributed by atoms with Crippen molar-refractivity contribution in [3.05, 3.63) is 40.1 Å². The zero-order valence-corrected chi connectivity index (χ0v) is 10.3. The Morgan fingerprint density at radius 3 is 3.00 bits per heavy atom. The molecule has 18 heavy (non-hydrogen) atoms. The van der Waals surface area contributed by atoms with Crippen molar-refractivity contribution in [1.29, 1.82) is 5.26 Å². The Morgan fingerprint density at radius 2 is 2.39 bits per heavy atom. The van der Waals surface area contributed by atoms with Crippen LogP contribution in [0.5, 0.6) is 0 Å². The van der Waals surface area contributed by atoms with Gasteiger partial charge < -0.3 is 0 Å². The number of H-pyrrole nitrogens is 1. The number of nitrogens with one attached hydrogen (secondary N) is 1. The van der Waals surface area contributed by atoms with Gasteiger partial charge in [-0.3, -0.25) is 4.57 Å². The van der Waals surface area contributed by atoms with E-state index in [1.807, 2.05) is 6.07 Å². The number of nitriles is 1. The monoisotopic (exact) mass is 264 g/mol. The van der Waals surface area contributed by atoms with Gasteiger partial charge in [0.25, 0.3) is 0 Å². The quantitative estimate of drug-likeness (QED) is 0.916. The first-order valence-electron chi connectivity index (χ1n) is 5.18. The highest BCUT2D eigenvalue weighted by Gasteiger charge is 2.11. The summed E-state index contributed by atoms with van der Waals surface area (Å²) in [6.07, 6.45) is 0. The number of rotatable bonds is 3. The Kier molecular flexibility index (Phi) is 3.48. The van der Waals surface area contributed by atoms with Crippen LogP contribution in [-0.2, 0) is 6.54 Å². The van der Waals surface area contributed by atoms with Crippen LogP contribution in [0, 0.1) is 17.1 Å². The molecule has 0 spiro atoms. The number of aromatic amines is 1. The molecule has 1 N–H and O–H groups in total. The molecule has 2 aromatic rings. The maximum Gasteiger partial charge on any atom is 0.343 e. The molecule has 0 bridgehead atoms. The lowest BCUT2D eigenvalue weighted by Crippen LogP contribution is -2.16. The minimum atomic E-state index is -0.503. The van der Waals surface area contributed by atoms with Crippen LogP contribution in [0.25, 0.3) is 0 Å². The highest BCUT2D eigenvalue weighted by atomic mass is 32.2. The van der Waals surface area contributed by atoms with E-state index in [0.717, 1.165) is 17.8 Å². The smallest absolute Gasteiger partial charge is 0.270 e. The molecule has 0 unspecified atom stereocenters. The predicted octanol–water partition coefficient (Wildman–Crippen LogP) is 1.75. The van der Waals surface area contributed by atoms with Gasteiger partial charge in [-0.15, -0.1) is 5.10 Å². The predicted molar refractivity (Wildman–Crippen MR) is 63.8 cm³/mol. The molecule has 92 valence electrons. The Hall–Kier alpha value is -2.07. The summed E-state index contributed by atoms with van der Waals surface area (Å²) in [6.45, 7) is 2.26. The van der Waals surface area contributed by atoms with Crippen molar-refractivity contribution >= 4 is 11.8 Å². The lowest BCUT2D eigenvalue weighted by Gasteiger charge is -2.03. The van der Waals surface area contributed by atoms with Crippen LogP contribution in [0.4, 0.5) is 4.39 Å². The maximum absolute atomic E-state index is 13.7. The van der Waals surface area contributed by atoms with Gasteiger partial charge in [-0.1, -0.05) is 0 Å². The second-order valence-corrected chi connectivity index (χ2v) is 4.42. The summed E-state index contributed by atoms with van der Waals surface area (Å²) in [5.74, 6) is -0.503. The van der Waals surface area contributed by atoms with E-state index in [1.54, 1.807) is 6.92 Å². The molecule has 0 amide bonds. The first kappa shape index (κ1) is 12.4. The van der Waals surface area contributed by atoms with Gasteiger partial charge >= 0.3 is 5.69 Å². The summed E-state index contributed by atoms with van der Waals surface area (Å²) in [6, 6.07) is 6.03. The molecular formula is C11H9FN4OS. The molecule has 2 rings (SSSR count). The summed E-state index contributed by atoms with van der Waals surface area (Å²) in [7, 11) is 0. The van der Waals surface area contributed by atoms with E-state index in [4.69, 9.17) is 5.26 Å². The molecule has 0 aliphatic heterocycles. The van der Waals surface area contributed by atoms with Crippen LogP contribution in [0.15, 0.2) is 33.0 Å². The van der Waals surface area contributed by atoms with Gasteiger partial charge in [0.05, 0.1) is 16.5 Å². The van der Waals surface area contributed by atoms with Crippen molar-refractivity contribution in [3.63, 3.8) is 0 Å². The number of hydrogen-bond acceptors (Lipinski definition) is 4. The maximum atomic E-state index is 13.7. The lowest BCUT2D eigenvalue weighted by molar-refractivity contribution is 0.599. The number of nitrogens with zero attached hydrogens (tertiary/aromatic N) is 3. The second kappa shape index (κ2) is 5.06. The molecule has 1 aromatic heterocycles. The summed E-state index contributed by atoms with van der Waals surface area (Å²) in [4.78, 5) is 11.7. The average Bonchev–Trinajstić information content (AvgIpc) is 2.72. The van der Waals surface area contributed by atoms with Crippen LogP contribution in [0.1, 0.15) is 12.5 Å². The number of aromatic nitrogens is 3. The van der Waals surface area contributed by atoms with E-state index in [1.165, 1.54) is 16.7 Å². The molecule has 0 atom stereocenters. The molecule has 1 aromatic carbocycles. The number of halogens is 1. The topological polar surface area (TPSA) is 74.5 Å². The molecule has 0 radical (unpaired) electrons. The number of hydrogen-bond donors (Lipinski definition) is 1. The van der Waals surface area contributed by atoms with E-state index in [0.29, 0.717) is 16.6 Å². The van der Waals surface area contributed by atoms with Crippen LogP contribution < -0.4 is 5.69 Å². The fourth-order valence-electron chi connectivity index (χ4n) is 1.41. The van der Waals surface area contributed by atoms with Crippen LogP contribution >= 0.6 is 11.8 Å². The zero-order chi connectivity index (χ0) is 13.1. The average molecular weight is 264 g/mol. The third kappa shape index (κ3) is 2.28. The van der Waals surface area contributed by atoms with Crippen LogP contribution in [0.2, 0.25) is 0 Å². The minimum Gasteiger partial charge on any atom is -0.270 e. The fourth-order valence-corrected chi connectivity index (χ4v) is 2.31. The normalized spacial score (nSPS) is 10.3. The van der Waals surface area contributed by atoms with Crippen molar-refractivity contribution < 1.29 is 4.39 Å². The second-order valence-electron chi connectivity index (χ2n) is 3.41. The standard InChI is InChI=1S/C11H9FN4OS/c1-2-16-10(17)14-15-11(16)18-9-4-3-7(6-13)5-8(9)12/h3-5H,2H2,1H3,(H,14,17). The van der Waals surface area contributed by atoms with Gasteiger partial charge in [0, 0.05) is 6.54 Å². The molecular weight excluding hydrogens is 255 g/mol. The van der Waals surface area contributed by atoms with Gasteiger partial charge in [0.15, 0.2) is 5.16 Å². The Morgan fingerprint density at radius 1 is 1.61 bits per heavy atom. The largest absolute Gasteiger partial charge is 0.343 e. The Labute approximate surface area is 106 Å². The number of benzene rings is 1. The van der Waals surface area contributed by atoms with E-state index in [-0.39, 0.29) is 11.3 Å². The summed E-state index contributed by atoms with van der Waals surface area (Å²) >= 11 is 1.04. The molecule has 0 aliphatic carbocycles. The molecule has 7 heteroatoms. The summed E-state index contributed by atoms with van der Waals surface area (Å²) in [5.41, 5.74) is -0.0687. The highest BCUT2D eigenvalue weighted by molar-refractivity contribution is 7.99. The van der Waals surface area contributed by atoms with Crippen molar-refractivity contribution in [3.8, 4) is 6.07 Å². The Balaban J connectivity index is 2.35. The molecule has 0 saturated heterocycles. The highest BCUT2D eigenvalue weighted by Crippen LogP contribution is 2.27. The van der Waals surface area contributed by atoms with E-state index < -0.39 is 5.82 Å². The van der Waals surface area contributed by atoms with Gasteiger partial charge in [0.1, 0.15) is 5.82 Å². The Bertz CT molecular complexity index is 670. The third-order valence-corrected chi connectivity index (χ3v) is 3.35. The SMILES string of the molecule is CCn1c(Sc2ccc(C#N)cc2F)n[nH]c1=O. The van der Waals surface area contributed by atoms with E-state index in [9.17, 15) is 9.18 Å².